The highest BCUT2D eigenvalue weighted by Crippen LogP contribution is 2.43. The number of allylic oxidation sites excluding steroid dienone is 17. The second-order valence-corrected chi connectivity index (χ2v) is 25.6. The monoisotopic (exact) mass is 1160 g/mol. The Morgan fingerprint density at radius 1 is 0.427 bits per heavy atom. The average molecular weight is 1160 g/mol. The van der Waals surface area contributed by atoms with Gasteiger partial charge >= 0.3 is 7.82 Å². The van der Waals surface area contributed by atoms with Crippen LogP contribution in [0.2, 0.25) is 0 Å². The summed E-state index contributed by atoms with van der Waals surface area (Å²) >= 11 is 0. The van der Waals surface area contributed by atoms with E-state index in [4.69, 9.17) is 9.05 Å². The molecule has 3 N–H and O–H groups in total. The number of likely N-dealkylation sites (N-methyl/N-ethyl adjacent to an activating group) is 1. The lowest BCUT2D eigenvalue weighted by atomic mass is 10.0. The largest absolute Gasteiger partial charge is 0.472 e. The van der Waals surface area contributed by atoms with E-state index in [2.05, 4.69) is 116 Å². The molecule has 0 saturated heterocycles. The number of phosphoric acid groups is 1. The zero-order valence-electron chi connectivity index (χ0n) is 54.2. The van der Waals surface area contributed by atoms with Crippen molar-refractivity contribution >= 4 is 13.7 Å². The molecule has 0 heterocycles. The fraction of sp³-hybridized carbons (Fsp3) is 0.740. The molecule has 9 heteroatoms. The van der Waals surface area contributed by atoms with Gasteiger partial charge in [-0.15, -0.1) is 0 Å². The molecule has 0 saturated carbocycles. The second kappa shape index (κ2) is 62.7. The molecular formula is C73H132N2O6P+. The maximum atomic E-state index is 13.0. The van der Waals surface area contributed by atoms with Crippen LogP contribution in [0.5, 0.6) is 0 Å². The third-order valence-electron chi connectivity index (χ3n) is 15.0. The van der Waals surface area contributed by atoms with Crippen LogP contribution in [0.3, 0.4) is 0 Å². The molecule has 0 rings (SSSR count). The number of carbonyl (C=O) groups is 1. The number of nitrogens with one attached hydrogen (secondary N) is 1. The summed E-state index contributed by atoms with van der Waals surface area (Å²) in [4.78, 5) is 23.4. The van der Waals surface area contributed by atoms with E-state index in [1.165, 1.54) is 193 Å². The summed E-state index contributed by atoms with van der Waals surface area (Å²) in [6.45, 7) is 4.69. The smallest absolute Gasteiger partial charge is 0.387 e. The maximum absolute atomic E-state index is 13.0. The van der Waals surface area contributed by atoms with Gasteiger partial charge in [-0.3, -0.25) is 13.8 Å². The molecule has 3 atom stereocenters. The van der Waals surface area contributed by atoms with Crippen molar-refractivity contribution in [3.63, 3.8) is 0 Å². The number of nitrogens with zero attached hydrogens (tertiary/aromatic N) is 1. The Bertz CT molecular complexity index is 1700. The first-order valence-electron chi connectivity index (χ1n) is 34.3. The predicted molar refractivity (Wildman–Crippen MR) is 359 cm³/mol. The van der Waals surface area contributed by atoms with Crippen LogP contribution in [0.25, 0.3) is 0 Å². The van der Waals surface area contributed by atoms with Crippen molar-refractivity contribution in [2.75, 3.05) is 40.9 Å². The fourth-order valence-corrected chi connectivity index (χ4v) is 10.4. The van der Waals surface area contributed by atoms with Crippen LogP contribution in [0.4, 0.5) is 0 Å². The van der Waals surface area contributed by atoms with Crippen LogP contribution in [-0.4, -0.2) is 73.4 Å². The lowest BCUT2D eigenvalue weighted by Gasteiger charge is -2.25. The van der Waals surface area contributed by atoms with Gasteiger partial charge in [0.15, 0.2) is 0 Å². The molecule has 1 amide bonds. The Hall–Kier alpha value is -2.84. The van der Waals surface area contributed by atoms with Crippen molar-refractivity contribution in [2.24, 2.45) is 0 Å². The van der Waals surface area contributed by atoms with Crippen LogP contribution in [0.15, 0.2) is 109 Å². The van der Waals surface area contributed by atoms with Crippen LogP contribution in [0.1, 0.15) is 296 Å². The van der Waals surface area contributed by atoms with Crippen molar-refractivity contribution in [3.05, 3.63) is 109 Å². The van der Waals surface area contributed by atoms with Crippen molar-refractivity contribution in [1.82, 2.24) is 5.32 Å². The Kier molecular flexibility index (Phi) is 60.5. The normalized spacial score (nSPS) is 14.4. The third-order valence-corrected chi connectivity index (χ3v) is 15.9. The highest BCUT2D eigenvalue weighted by atomic mass is 31.2. The van der Waals surface area contributed by atoms with E-state index in [-0.39, 0.29) is 19.1 Å². The quantitative estimate of drug-likeness (QED) is 0.0243. The van der Waals surface area contributed by atoms with Crippen molar-refractivity contribution in [3.8, 4) is 0 Å². The van der Waals surface area contributed by atoms with Crippen LogP contribution in [0, 0.1) is 0 Å². The molecule has 0 aromatic carbocycles. The first-order valence-corrected chi connectivity index (χ1v) is 35.8. The van der Waals surface area contributed by atoms with Crippen molar-refractivity contribution in [1.29, 1.82) is 0 Å². The van der Waals surface area contributed by atoms with E-state index in [9.17, 15) is 19.4 Å². The minimum absolute atomic E-state index is 0.0512. The molecule has 0 aliphatic heterocycles. The number of aliphatic hydroxyl groups is 1. The van der Waals surface area contributed by atoms with Gasteiger partial charge in [-0.2, -0.15) is 0 Å². The summed E-state index contributed by atoms with van der Waals surface area (Å²) in [6.07, 6.45) is 92.4. The number of hydrogen-bond donors (Lipinski definition) is 3. The fourth-order valence-electron chi connectivity index (χ4n) is 9.67. The molecular weight excluding hydrogens is 1030 g/mol. The molecule has 474 valence electrons. The topological polar surface area (TPSA) is 105 Å². The summed E-state index contributed by atoms with van der Waals surface area (Å²) in [5.41, 5.74) is 0. The average Bonchev–Trinajstić information content (AvgIpc) is 3.46. The number of quaternary nitrogens is 1. The van der Waals surface area contributed by atoms with E-state index in [1.54, 1.807) is 6.08 Å². The highest BCUT2D eigenvalue weighted by Gasteiger charge is 2.28. The van der Waals surface area contributed by atoms with Gasteiger partial charge in [0, 0.05) is 6.42 Å². The Morgan fingerprint density at radius 2 is 0.744 bits per heavy atom. The first-order chi connectivity index (χ1) is 40.0. The number of rotatable bonds is 62. The number of carbonyl (C=O) groups excluding carboxylic acids is 1. The summed E-state index contributed by atoms with van der Waals surface area (Å²) in [7, 11) is 1.55. The third kappa shape index (κ3) is 64.7. The van der Waals surface area contributed by atoms with E-state index in [0.717, 1.165) is 83.5 Å². The number of amides is 1. The van der Waals surface area contributed by atoms with Crippen LogP contribution in [-0.2, 0) is 18.4 Å². The molecule has 0 aliphatic rings. The number of aliphatic hydroxyl groups excluding tert-OH is 1. The highest BCUT2D eigenvalue weighted by molar-refractivity contribution is 7.47. The van der Waals surface area contributed by atoms with Crippen LogP contribution >= 0.6 is 7.82 Å². The molecule has 0 aromatic heterocycles. The SMILES string of the molecule is CC/C=C\C/C=C\C/C=C\C/C=C\C/C=C\C/C=C\CCCCCCCCCCCCCCCCCCCCCCC(=O)NC(COP(=O)(O)OCC[N+](C)(C)C)C(O)/C=C/CC/C=C/CC/C=C/CCCCCCCCCCCCC. The van der Waals surface area contributed by atoms with Gasteiger partial charge in [0.2, 0.25) is 5.91 Å². The Morgan fingerprint density at radius 3 is 1.12 bits per heavy atom. The summed E-state index contributed by atoms with van der Waals surface area (Å²) in [5.74, 6) is -0.190. The molecule has 0 radical (unpaired) electrons. The number of phosphoric ester groups is 1. The zero-order chi connectivity index (χ0) is 59.8. The van der Waals surface area contributed by atoms with Gasteiger partial charge in [0.05, 0.1) is 39.9 Å². The lowest BCUT2D eigenvalue weighted by molar-refractivity contribution is -0.870. The molecule has 0 aromatic rings. The van der Waals surface area contributed by atoms with Crippen molar-refractivity contribution < 1.29 is 32.9 Å². The van der Waals surface area contributed by atoms with E-state index in [1.807, 2.05) is 27.2 Å². The molecule has 3 unspecified atom stereocenters. The second-order valence-electron chi connectivity index (χ2n) is 24.2. The minimum Gasteiger partial charge on any atom is -0.387 e. The maximum Gasteiger partial charge on any atom is 0.472 e. The zero-order valence-corrected chi connectivity index (χ0v) is 55.1. The Labute approximate surface area is 508 Å². The molecule has 8 nitrogen and oxygen atoms in total. The summed E-state index contributed by atoms with van der Waals surface area (Å²) in [5, 5.41) is 14.0. The first kappa shape index (κ1) is 79.2. The Balaban J connectivity index is 4.05. The molecule has 0 fully saturated rings. The van der Waals surface area contributed by atoms with E-state index >= 15 is 0 Å². The predicted octanol–water partition coefficient (Wildman–Crippen LogP) is 21.9. The standard InChI is InChI=1S/C73H131N2O6P/c1-6-8-10-12-14-16-18-20-22-24-26-28-29-30-31-32-33-34-35-36-37-38-39-40-41-42-43-44-45-47-49-51-53-55-57-59-61-63-65-67-73(77)74-71(70-81-82(78,79)80-69-68-75(3,4)5)72(76)66-64-62-60-58-56-54-52-50-48-46-27-25-23-21-19-17-15-13-11-9-7-2/h8,10,14,16,20,22,26,28,30-31,33-34,48,50,56,58,64,66,71-72,76H,6-7,9,11-13,15,17-19,21,23-25,27,29,32,35-47,49,51-55,57,59-63,65,67-70H2,1-5H3,(H-,74,77,78,79)/p+1/b10-8-,16-14-,22-20-,28-26-,31-30-,34-33-,50-48+,58-56+,66-64+. The molecule has 0 bridgehead atoms. The van der Waals surface area contributed by atoms with Gasteiger partial charge in [-0.05, 0) is 96.3 Å². The minimum atomic E-state index is -4.37. The van der Waals surface area contributed by atoms with Gasteiger partial charge in [0.1, 0.15) is 13.2 Å². The van der Waals surface area contributed by atoms with E-state index < -0.39 is 20.0 Å². The van der Waals surface area contributed by atoms with Gasteiger partial charge in [0.25, 0.3) is 0 Å². The van der Waals surface area contributed by atoms with E-state index in [0.29, 0.717) is 17.4 Å². The number of unbranched alkanes of at least 4 members (excludes halogenated alkanes) is 33. The summed E-state index contributed by atoms with van der Waals surface area (Å²) in [6, 6.07) is -0.875. The summed E-state index contributed by atoms with van der Waals surface area (Å²) < 4.78 is 23.8. The van der Waals surface area contributed by atoms with Gasteiger partial charge in [-0.1, -0.05) is 303 Å². The lowest BCUT2D eigenvalue weighted by Crippen LogP contribution is -2.45. The molecule has 0 spiro atoms. The molecule has 0 aliphatic carbocycles. The number of hydrogen-bond acceptors (Lipinski definition) is 5. The van der Waals surface area contributed by atoms with Gasteiger partial charge in [-0.25, -0.2) is 4.57 Å². The van der Waals surface area contributed by atoms with Gasteiger partial charge < -0.3 is 19.8 Å². The van der Waals surface area contributed by atoms with Crippen molar-refractivity contribution in [2.45, 2.75) is 309 Å². The molecule has 82 heavy (non-hydrogen) atoms. The van der Waals surface area contributed by atoms with Crippen LogP contribution < -0.4 is 5.32 Å².